The molecule has 0 spiro atoms. The lowest BCUT2D eigenvalue weighted by Crippen LogP contribution is -3.00. The molecule has 0 atom stereocenters. The quantitative estimate of drug-likeness (QED) is 0.0501. The summed E-state index contributed by atoms with van der Waals surface area (Å²) in [6.07, 6.45) is 3.17. The highest BCUT2D eigenvalue weighted by Crippen LogP contribution is 2.62. The third-order valence-electron chi connectivity index (χ3n) is 10.4. The smallest absolute Gasteiger partial charge is 0.204 e. The predicted molar refractivity (Wildman–Crippen MR) is 217 cm³/mol. The van der Waals surface area contributed by atoms with Crippen LogP contribution in [-0.4, -0.2) is 57.2 Å². The number of fused-ring (bicyclic) bond motifs is 3. The topological polar surface area (TPSA) is 55.4 Å². The van der Waals surface area contributed by atoms with Gasteiger partial charge in [-0.1, -0.05) is 26.7 Å². The van der Waals surface area contributed by atoms with E-state index in [2.05, 4.69) is 13.8 Å². The summed E-state index contributed by atoms with van der Waals surface area (Å²) in [5, 5.41) is 0. The number of hydrogen-bond acceptors (Lipinski definition) is 6. The van der Waals surface area contributed by atoms with Crippen molar-refractivity contribution >= 4 is 0 Å². The summed E-state index contributed by atoms with van der Waals surface area (Å²) in [7, 11) is 0. The lowest BCUT2D eigenvalue weighted by Gasteiger charge is -2.39. The highest BCUT2D eigenvalue weighted by atomic mass is 79.9. The van der Waals surface area contributed by atoms with Crippen molar-refractivity contribution in [3.8, 4) is 67.9 Å². The molecule has 0 unspecified atom stereocenters. The third-order valence-corrected chi connectivity index (χ3v) is 10.4. The fraction of sp³-hybridized carbons (Fsp3) is 0.478. The molecular formula is C46H56BrF6NO6. The van der Waals surface area contributed by atoms with Crippen molar-refractivity contribution in [2.45, 2.75) is 94.2 Å². The Balaban J connectivity index is 0.00000794. The van der Waals surface area contributed by atoms with Crippen LogP contribution in [0.1, 0.15) is 92.2 Å². The molecule has 4 aromatic rings. The maximum Gasteiger partial charge on any atom is 0.204 e. The molecule has 0 aliphatic carbocycles. The van der Waals surface area contributed by atoms with Gasteiger partial charge in [-0.3, -0.25) is 0 Å². The van der Waals surface area contributed by atoms with Crippen LogP contribution < -0.4 is 45.4 Å². The first kappa shape index (κ1) is 48.4. The van der Waals surface area contributed by atoms with Crippen LogP contribution in [0, 0.1) is 34.9 Å². The molecular weight excluding hydrogens is 856 g/mol. The van der Waals surface area contributed by atoms with Crippen molar-refractivity contribution in [2.24, 2.45) is 0 Å². The van der Waals surface area contributed by atoms with Crippen molar-refractivity contribution in [2.75, 3.05) is 52.7 Å². The van der Waals surface area contributed by atoms with Crippen molar-refractivity contribution < 1.29 is 76.2 Å². The lowest BCUT2D eigenvalue weighted by molar-refractivity contribution is -0.953. The second-order valence-corrected chi connectivity index (χ2v) is 14.3. The van der Waals surface area contributed by atoms with Crippen LogP contribution in [0.3, 0.4) is 0 Å². The zero-order chi connectivity index (χ0) is 43.0. The number of halogens is 7. The number of benzene rings is 4. The molecule has 0 amide bonds. The van der Waals surface area contributed by atoms with Gasteiger partial charge < -0.3 is 49.9 Å². The Hall–Kier alpha value is -4.30. The third kappa shape index (κ3) is 9.44. The molecule has 1 heterocycles. The van der Waals surface area contributed by atoms with Crippen molar-refractivity contribution in [1.29, 1.82) is 0 Å². The molecule has 0 saturated carbocycles. The molecule has 0 N–H and O–H groups in total. The monoisotopic (exact) mass is 911 g/mol. The minimum absolute atomic E-state index is 0. The Morgan fingerprint density at radius 1 is 0.417 bits per heavy atom. The number of hydrogen-bond donors (Lipinski definition) is 0. The molecule has 5 rings (SSSR count). The Labute approximate surface area is 360 Å². The second-order valence-electron chi connectivity index (χ2n) is 14.3. The van der Waals surface area contributed by atoms with Gasteiger partial charge in [-0.25, -0.2) is 26.3 Å². The van der Waals surface area contributed by atoms with Crippen molar-refractivity contribution in [1.82, 2.24) is 0 Å². The van der Waals surface area contributed by atoms with Gasteiger partial charge in [-0.05, 0) is 89.8 Å². The van der Waals surface area contributed by atoms with Crippen molar-refractivity contribution in [3.63, 3.8) is 0 Å². The number of rotatable bonds is 20. The van der Waals surface area contributed by atoms with Crippen LogP contribution in [0.2, 0.25) is 0 Å². The summed E-state index contributed by atoms with van der Waals surface area (Å²) in [5.41, 5.74) is 2.37. The standard InChI is InChI=1S/C46H56F6NO6.BrH/c1-9-17-19-53(20-18-10-2)25-29-35(27-21-31(47)39(51)32(48)22-27)41(54-11-3)45(58-15-7)43(56-13-5)37(29)38-30(26-53)36(28-23-33(49)40(52)34(50)24-28)42(55-12-4)46(59-16-8)44(38)57-14-6;/h21-24H,9-20,25-26H2,1-8H3;1H/q+1;/p-1. The minimum atomic E-state index is -1.62. The first-order valence-corrected chi connectivity index (χ1v) is 20.8. The normalized spacial score (nSPS) is 12.8. The van der Waals surface area contributed by atoms with E-state index in [0.29, 0.717) is 39.8 Å². The molecule has 7 nitrogen and oxygen atoms in total. The molecule has 0 fully saturated rings. The second kappa shape index (κ2) is 21.5. The number of nitrogens with zero attached hydrogens (tertiary/aromatic N) is 1. The molecule has 4 aromatic carbocycles. The summed E-state index contributed by atoms with van der Waals surface area (Å²) in [6.45, 7) is 17.2. The number of ether oxygens (including phenoxy) is 6. The maximum absolute atomic E-state index is 15.4. The predicted octanol–water partition coefficient (Wildman–Crippen LogP) is 9.35. The molecule has 1 aliphatic rings. The molecule has 0 aromatic heterocycles. The fourth-order valence-corrected chi connectivity index (χ4v) is 8.13. The van der Waals surface area contributed by atoms with E-state index in [1.807, 2.05) is 0 Å². The van der Waals surface area contributed by atoms with E-state index in [-0.39, 0.29) is 126 Å². The molecule has 60 heavy (non-hydrogen) atoms. The maximum atomic E-state index is 15.4. The Morgan fingerprint density at radius 3 is 0.950 bits per heavy atom. The Kier molecular flexibility index (Phi) is 17.3. The van der Waals surface area contributed by atoms with Crippen LogP contribution in [0.5, 0.6) is 34.5 Å². The van der Waals surface area contributed by atoms with Crippen molar-refractivity contribution in [3.05, 3.63) is 70.3 Å². The van der Waals surface area contributed by atoms with E-state index < -0.39 is 34.9 Å². The van der Waals surface area contributed by atoms with E-state index >= 15 is 17.6 Å². The summed E-state index contributed by atoms with van der Waals surface area (Å²) < 4.78 is 130. The van der Waals surface area contributed by atoms with E-state index in [1.54, 1.807) is 41.5 Å². The van der Waals surface area contributed by atoms with Crippen LogP contribution in [0.15, 0.2) is 24.3 Å². The van der Waals surface area contributed by atoms with E-state index in [0.717, 1.165) is 49.9 Å². The summed E-state index contributed by atoms with van der Waals surface area (Å²) >= 11 is 0. The average molecular weight is 913 g/mol. The number of unbranched alkanes of at least 4 members (excludes halogenated alkanes) is 2. The van der Waals surface area contributed by atoms with Gasteiger partial charge in [0.05, 0.1) is 52.7 Å². The average Bonchev–Trinajstić information content (AvgIpc) is 3.35. The van der Waals surface area contributed by atoms with Crippen LogP contribution in [-0.2, 0) is 13.1 Å². The van der Waals surface area contributed by atoms with Gasteiger partial charge >= 0.3 is 0 Å². The largest absolute Gasteiger partial charge is 1.00 e. The lowest BCUT2D eigenvalue weighted by atomic mass is 9.84. The highest BCUT2D eigenvalue weighted by Gasteiger charge is 2.44. The Bertz CT molecular complexity index is 1940. The van der Waals surface area contributed by atoms with Crippen LogP contribution >= 0.6 is 0 Å². The molecule has 0 radical (unpaired) electrons. The van der Waals surface area contributed by atoms with Crippen LogP contribution in [0.25, 0.3) is 33.4 Å². The molecule has 14 heteroatoms. The zero-order valence-corrected chi connectivity index (χ0v) is 37.3. The first-order chi connectivity index (χ1) is 28.4. The van der Waals surface area contributed by atoms with E-state index in [4.69, 9.17) is 28.4 Å². The minimum Gasteiger partial charge on any atom is -1.00 e. The molecule has 0 bridgehead atoms. The van der Waals surface area contributed by atoms with Gasteiger partial charge in [0.2, 0.25) is 11.5 Å². The number of quaternary nitrogens is 1. The van der Waals surface area contributed by atoms with Crippen LogP contribution in [0.4, 0.5) is 26.3 Å². The SMILES string of the molecule is CCCC[N+]1(CCCC)Cc2c(-c3cc(F)c(F)c(F)c3)c(OCC)c(OCC)c(OCC)c2-c2c(c(-c3cc(F)c(F)c(F)c3)c(OCC)c(OCC)c2OCC)C1.[Br-]. The van der Waals surface area contributed by atoms with Gasteiger partial charge in [0.15, 0.2) is 57.9 Å². The van der Waals surface area contributed by atoms with Gasteiger partial charge in [0, 0.05) is 33.4 Å². The van der Waals surface area contributed by atoms with Gasteiger partial charge in [-0.2, -0.15) is 0 Å². The van der Waals surface area contributed by atoms with Gasteiger partial charge in [0.25, 0.3) is 0 Å². The zero-order valence-electron chi connectivity index (χ0n) is 35.8. The van der Waals surface area contributed by atoms with E-state index in [1.165, 1.54) is 0 Å². The summed E-state index contributed by atoms with van der Waals surface area (Å²) in [6, 6.07) is 3.75. The molecule has 1 aliphatic heterocycles. The molecule has 0 saturated heterocycles. The van der Waals surface area contributed by atoms with E-state index in [9.17, 15) is 8.78 Å². The highest BCUT2D eigenvalue weighted by molar-refractivity contribution is 5.98. The Morgan fingerprint density at radius 2 is 0.683 bits per heavy atom. The first-order valence-electron chi connectivity index (χ1n) is 20.8. The molecule has 330 valence electrons. The van der Waals surface area contributed by atoms with Gasteiger partial charge in [-0.15, -0.1) is 0 Å². The van der Waals surface area contributed by atoms with Gasteiger partial charge in [0.1, 0.15) is 13.1 Å². The summed E-state index contributed by atoms with van der Waals surface area (Å²) in [4.78, 5) is 0. The summed E-state index contributed by atoms with van der Waals surface area (Å²) in [5.74, 6) is -7.85. The fourth-order valence-electron chi connectivity index (χ4n) is 8.13.